The van der Waals surface area contributed by atoms with E-state index in [1.165, 1.54) is 10.4 Å². The van der Waals surface area contributed by atoms with Crippen molar-refractivity contribution in [2.45, 2.75) is 19.4 Å². The Kier molecular flexibility index (Phi) is 4.31. The van der Waals surface area contributed by atoms with Gasteiger partial charge < -0.3 is 5.32 Å². The largest absolute Gasteiger partial charge is 0.312 e. The number of aryl methyl sites for hydroxylation is 1. The first-order valence-electron chi connectivity index (χ1n) is 5.52. The van der Waals surface area contributed by atoms with Gasteiger partial charge in [-0.25, -0.2) is 0 Å². The van der Waals surface area contributed by atoms with E-state index in [-0.39, 0.29) is 0 Å². The molecule has 0 fully saturated rings. The molecule has 2 aromatic rings. The third kappa shape index (κ3) is 3.15. The van der Waals surface area contributed by atoms with E-state index >= 15 is 0 Å². The maximum absolute atomic E-state index is 4.42. The molecule has 0 aliphatic heterocycles. The molecule has 2 heterocycles. The second kappa shape index (κ2) is 5.76. The molecule has 90 valence electrons. The van der Waals surface area contributed by atoms with Crippen molar-refractivity contribution in [3.05, 3.63) is 50.4 Å². The van der Waals surface area contributed by atoms with Crippen LogP contribution in [0.3, 0.4) is 0 Å². The van der Waals surface area contributed by atoms with Crippen LogP contribution in [0.2, 0.25) is 0 Å². The van der Waals surface area contributed by atoms with Gasteiger partial charge in [-0.1, -0.05) is 0 Å². The predicted molar refractivity (Wildman–Crippen MR) is 76.5 cm³/mol. The monoisotopic (exact) mass is 310 g/mol. The smallest absolute Gasteiger partial charge is 0.0471 e. The van der Waals surface area contributed by atoms with E-state index in [2.05, 4.69) is 50.7 Å². The maximum Gasteiger partial charge on any atom is 0.0471 e. The molecule has 0 saturated carbocycles. The number of hydrogen-bond donors (Lipinski definition) is 1. The molecule has 1 unspecified atom stereocenters. The molecular formula is C13H15BrN2S. The minimum Gasteiger partial charge on any atom is -0.312 e. The number of likely N-dealkylation sites (N-methyl/N-ethyl adjacent to an activating group) is 1. The highest BCUT2D eigenvalue weighted by atomic mass is 79.9. The van der Waals surface area contributed by atoms with Gasteiger partial charge in [0, 0.05) is 33.7 Å². The molecule has 0 spiro atoms. The van der Waals surface area contributed by atoms with Gasteiger partial charge in [-0.05, 0) is 59.0 Å². The fourth-order valence-corrected chi connectivity index (χ4v) is 3.08. The molecule has 0 saturated heterocycles. The van der Waals surface area contributed by atoms with Crippen LogP contribution in [0.15, 0.2) is 34.2 Å². The standard InChI is InChI=1S/C13H15BrN2S/c1-9-5-6-17-13(9)12(15-2)7-11-4-3-10(14)8-16-11/h3-6,8,12,15H,7H2,1-2H3. The zero-order chi connectivity index (χ0) is 12.3. The van der Waals surface area contributed by atoms with Crippen molar-refractivity contribution in [2.75, 3.05) is 7.05 Å². The normalized spacial score (nSPS) is 12.6. The predicted octanol–water partition coefficient (Wildman–Crippen LogP) is 3.72. The number of pyridine rings is 1. The Bertz CT molecular complexity index is 478. The third-order valence-corrected chi connectivity index (χ3v) is 4.37. The van der Waals surface area contributed by atoms with E-state index in [9.17, 15) is 0 Å². The molecule has 1 atom stereocenters. The number of aromatic nitrogens is 1. The first-order valence-corrected chi connectivity index (χ1v) is 7.19. The van der Waals surface area contributed by atoms with E-state index in [0.717, 1.165) is 16.6 Å². The van der Waals surface area contributed by atoms with Crippen molar-refractivity contribution in [1.82, 2.24) is 10.3 Å². The summed E-state index contributed by atoms with van der Waals surface area (Å²) in [4.78, 5) is 5.82. The van der Waals surface area contributed by atoms with Crippen LogP contribution in [0.5, 0.6) is 0 Å². The van der Waals surface area contributed by atoms with Gasteiger partial charge in [0.2, 0.25) is 0 Å². The first-order chi connectivity index (χ1) is 8.20. The van der Waals surface area contributed by atoms with Crippen LogP contribution < -0.4 is 5.32 Å². The lowest BCUT2D eigenvalue weighted by molar-refractivity contribution is 0.591. The number of rotatable bonds is 4. The molecule has 17 heavy (non-hydrogen) atoms. The molecule has 0 aliphatic carbocycles. The zero-order valence-electron chi connectivity index (χ0n) is 9.90. The Labute approximate surface area is 114 Å². The summed E-state index contributed by atoms with van der Waals surface area (Å²) in [6, 6.07) is 6.62. The number of nitrogens with one attached hydrogen (secondary N) is 1. The lowest BCUT2D eigenvalue weighted by Crippen LogP contribution is -2.19. The second-order valence-corrected chi connectivity index (χ2v) is 5.84. The molecule has 1 N–H and O–H groups in total. The summed E-state index contributed by atoms with van der Waals surface area (Å²) in [5.41, 5.74) is 2.46. The van der Waals surface area contributed by atoms with Crippen LogP contribution in [0.25, 0.3) is 0 Å². The van der Waals surface area contributed by atoms with Gasteiger partial charge in [0.05, 0.1) is 0 Å². The van der Waals surface area contributed by atoms with Crippen LogP contribution in [0, 0.1) is 6.92 Å². The van der Waals surface area contributed by atoms with Crippen molar-refractivity contribution in [3.63, 3.8) is 0 Å². The van der Waals surface area contributed by atoms with Gasteiger partial charge >= 0.3 is 0 Å². The van der Waals surface area contributed by atoms with Gasteiger partial charge in [-0.2, -0.15) is 0 Å². The average Bonchev–Trinajstić information content (AvgIpc) is 2.75. The highest BCUT2D eigenvalue weighted by Crippen LogP contribution is 2.26. The molecule has 2 aromatic heterocycles. The summed E-state index contributed by atoms with van der Waals surface area (Å²) in [7, 11) is 2.00. The van der Waals surface area contributed by atoms with Crippen molar-refractivity contribution in [1.29, 1.82) is 0 Å². The van der Waals surface area contributed by atoms with E-state index in [4.69, 9.17) is 0 Å². The lowest BCUT2D eigenvalue weighted by atomic mass is 10.1. The van der Waals surface area contributed by atoms with E-state index in [0.29, 0.717) is 6.04 Å². The van der Waals surface area contributed by atoms with Crippen molar-refractivity contribution in [2.24, 2.45) is 0 Å². The number of thiophene rings is 1. The Hall–Kier alpha value is -0.710. The van der Waals surface area contributed by atoms with Crippen LogP contribution in [-0.4, -0.2) is 12.0 Å². The molecule has 0 bridgehead atoms. The molecule has 0 aliphatic rings. The molecule has 4 heteroatoms. The average molecular weight is 311 g/mol. The third-order valence-electron chi connectivity index (χ3n) is 2.77. The van der Waals surface area contributed by atoms with Crippen LogP contribution in [0.4, 0.5) is 0 Å². The minimum atomic E-state index is 0.351. The fourth-order valence-electron chi connectivity index (χ4n) is 1.80. The Morgan fingerprint density at radius 1 is 1.41 bits per heavy atom. The van der Waals surface area contributed by atoms with Gasteiger partial charge in [-0.3, -0.25) is 4.98 Å². The summed E-state index contributed by atoms with van der Waals surface area (Å²) < 4.78 is 1.02. The number of hydrogen-bond acceptors (Lipinski definition) is 3. The maximum atomic E-state index is 4.42. The fraction of sp³-hybridized carbons (Fsp3) is 0.308. The highest BCUT2D eigenvalue weighted by molar-refractivity contribution is 9.10. The first kappa shape index (κ1) is 12.7. The molecule has 2 rings (SSSR count). The molecule has 0 aromatic carbocycles. The Balaban J connectivity index is 2.16. The SMILES string of the molecule is CNC(Cc1ccc(Br)cn1)c1sccc1C. The van der Waals surface area contributed by atoms with Crippen molar-refractivity contribution in [3.8, 4) is 0 Å². The zero-order valence-corrected chi connectivity index (χ0v) is 12.3. The summed E-state index contributed by atoms with van der Waals surface area (Å²) in [5.74, 6) is 0. The lowest BCUT2D eigenvalue weighted by Gasteiger charge is -2.15. The van der Waals surface area contributed by atoms with Gasteiger partial charge in [-0.15, -0.1) is 11.3 Å². The summed E-state index contributed by atoms with van der Waals surface area (Å²) in [6.07, 6.45) is 2.77. The molecule has 2 nitrogen and oxygen atoms in total. The highest BCUT2D eigenvalue weighted by Gasteiger charge is 2.14. The van der Waals surface area contributed by atoms with Crippen LogP contribution in [0.1, 0.15) is 22.2 Å². The van der Waals surface area contributed by atoms with E-state index in [1.807, 2.05) is 19.3 Å². The van der Waals surface area contributed by atoms with Gasteiger partial charge in [0.25, 0.3) is 0 Å². The minimum absolute atomic E-state index is 0.351. The van der Waals surface area contributed by atoms with Gasteiger partial charge in [0.15, 0.2) is 0 Å². The van der Waals surface area contributed by atoms with Crippen LogP contribution in [-0.2, 0) is 6.42 Å². The number of halogens is 1. The second-order valence-electron chi connectivity index (χ2n) is 3.98. The van der Waals surface area contributed by atoms with Gasteiger partial charge in [0.1, 0.15) is 0 Å². The topological polar surface area (TPSA) is 24.9 Å². The molecule has 0 radical (unpaired) electrons. The summed E-state index contributed by atoms with van der Waals surface area (Å²) >= 11 is 5.21. The van der Waals surface area contributed by atoms with Crippen molar-refractivity contribution >= 4 is 27.3 Å². The molecule has 0 amide bonds. The van der Waals surface area contributed by atoms with Crippen LogP contribution >= 0.6 is 27.3 Å². The summed E-state index contributed by atoms with van der Waals surface area (Å²) in [6.45, 7) is 2.16. The Morgan fingerprint density at radius 3 is 2.76 bits per heavy atom. The Morgan fingerprint density at radius 2 is 2.24 bits per heavy atom. The number of nitrogens with zero attached hydrogens (tertiary/aromatic N) is 1. The molecular weight excluding hydrogens is 296 g/mol. The van der Waals surface area contributed by atoms with E-state index in [1.54, 1.807) is 11.3 Å². The quantitative estimate of drug-likeness (QED) is 0.931. The van der Waals surface area contributed by atoms with E-state index < -0.39 is 0 Å². The van der Waals surface area contributed by atoms with Crippen molar-refractivity contribution < 1.29 is 0 Å². The summed E-state index contributed by atoms with van der Waals surface area (Å²) in [5, 5.41) is 5.51.